The van der Waals surface area contributed by atoms with Crippen molar-refractivity contribution in [3.8, 4) is 0 Å². The monoisotopic (exact) mass is 420 g/mol. The van der Waals surface area contributed by atoms with Crippen LogP contribution in [-0.2, 0) is 17.9 Å². The summed E-state index contributed by atoms with van der Waals surface area (Å²) >= 11 is 0. The molecule has 3 rings (SSSR count). The standard InChI is InChI=1S/C20H19F3N4O3/c1-12-2-3-13(11-30-5-4-28)8-17(12)25-20-26-18(29)9-24-27(20)10-14-6-15(21)19(23)16(22)7-14/h2-3,6-9,28H,4-5,10-11H2,1H3,(H,25,26,29). The van der Waals surface area contributed by atoms with Gasteiger partial charge in [0.15, 0.2) is 17.5 Å². The number of nitrogens with one attached hydrogen (secondary N) is 1. The second kappa shape index (κ2) is 9.51. The molecule has 0 amide bonds. The summed E-state index contributed by atoms with van der Waals surface area (Å²) in [6, 6.07) is 7.18. The first kappa shape index (κ1) is 21.5. The number of benzene rings is 2. The van der Waals surface area contributed by atoms with Crippen LogP contribution in [0.4, 0.5) is 24.8 Å². The number of aliphatic hydroxyl groups excluding tert-OH is 1. The van der Waals surface area contributed by atoms with Gasteiger partial charge in [0.25, 0.3) is 5.56 Å². The summed E-state index contributed by atoms with van der Waals surface area (Å²) < 4.78 is 46.8. The van der Waals surface area contributed by atoms with Crippen molar-refractivity contribution in [1.82, 2.24) is 14.8 Å². The summed E-state index contributed by atoms with van der Waals surface area (Å²) in [5.74, 6) is -4.15. The van der Waals surface area contributed by atoms with Crippen molar-refractivity contribution in [1.29, 1.82) is 0 Å². The fourth-order valence-electron chi connectivity index (χ4n) is 2.71. The van der Waals surface area contributed by atoms with Crippen LogP contribution in [-0.4, -0.2) is 33.1 Å². The number of aromatic nitrogens is 3. The summed E-state index contributed by atoms with van der Waals surface area (Å²) in [5.41, 5.74) is 1.77. The quantitative estimate of drug-likeness (QED) is 0.430. The SMILES string of the molecule is Cc1ccc(COCCO)cc1Nc1nc(=O)cnn1Cc1cc(F)c(F)c(F)c1. The van der Waals surface area contributed by atoms with Crippen LogP contribution in [0.25, 0.3) is 0 Å². The fourth-order valence-corrected chi connectivity index (χ4v) is 2.71. The number of anilines is 2. The van der Waals surface area contributed by atoms with Crippen LogP contribution in [0.3, 0.4) is 0 Å². The summed E-state index contributed by atoms with van der Waals surface area (Å²) in [4.78, 5) is 15.6. The molecule has 0 aliphatic carbocycles. The van der Waals surface area contributed by atoms with Gasteiger partial charge < -0.3 is 15.2 Å². The molecule has 158 valence electrons. The first-order valence-corrected chi connectivity index (χ1v) is 9.00. The van der Waals surface area contributed by atoms with Gasteiger partial charge in [0.05, 0.1) is 26.4 Å². The molecular weight excluding hydrogens is 401 g/mol. The Labute approximate surface area is 169 Å². The highest BCUT2D eigenvalue weighted by Crippen LogP contribution is 2.22. The van der Waals surface area contributed by atoms with E-state index in [4.69, 9.17) is 9.84 Å². The third-order valence-corrected chi connectivity index (χ3v) is 4.20. The third kappa shape index (κ3) is 5.22. The lowest BCUT2D eigenvalue weighted by Gasteiger charge is -2.15. The Bertz CT molecular complexity index is 1080. The fraction of sp³-hybridized carbons (Fsp3) is 0.250. The van der Waals surface area contributed by atoms with Gasteiger partial charge in [-0.1, -0.05) is 12.1 Å². The maximum Gasteiger partial charge on any atom is 0.293 e. The highest BCUT2D eigenvalue weighted by molar-refractivity contribution is 5.59. The van der Waals surface area contributed by atoms with Gasteiger partial charge in [0, 0.05) is 5.69 Å². The van der Waals surface area contributed by atoms with E-state index in [2.05, 4.69) is 15.4 Å². The molecule has 1 heterocycles. The molecule has 0 bridgehead atoms. The third-order valence-electron chi connectivity index (χ3n) is 4.20. The van der Waals surface area contributed by atoms with E-state index in [1.807, 2.05) is 19.1 Å². The highest BCUT2D eigenvalue weighted by Gasteiger charge is 2.13. The molecule has 2 N–H and O–H groups in total. The van der Waals surface area contributed by atoms with Crippen LogP contribution in [0.2, 0.25) is 0 Å². The molecule has 10 heteroatoms. The zero-order valence-corrected chi connectivity index (χ0v) is 16.0. The van der Waals surface area contributed by atoms with E-state index in [1.54, 1.807) is 6.07 Å². The molecule has 1 aromatic heterocycles. The number of halogens is 3. The lowest BCUT2D eigenvalue weighted by atomic mass is 10.1. The maximum absolute atomic E-state index is 13.5. The molecule has 0 saturated carbocycles. The number of hydrogen-bond donors (Lipinski definition) is 2. The molecule has 0 aliphatic heterocycles. The molecule has 0 aliphatic rings. The number of ether oxygens (including phenoxy) is 1. The summed E-state index contributed by atoms with van der Waals surface area (Å²) in [5, 5.41) is 15.8. The van der Waals surface area contributed by atoms with E-state index in [0.717, 1.165) is 29.5 Å². The predicted molar refractivity (Wildman–Crippen MR) is 103 cm³/mol. The molecule has 0 radical (unpaired) electrons. The Morgan fingerprint density at radius 1 is 1.13 bits per heavy atom. The molecule has 3 aromatic rings. The van der Waals surface area contributed by atoms with Crippen LogP contribution in [0, 0.1) is 24.4 Å². The zero-order chi connectivity index (χ0) is 21.7. The van der Waals surface area contributed by atoms with E-state index < -0.39 is 23.0 Å². The Morgan fingerprint density at radius 2 is 1.87 bits per heavy atom. The van der Waals surface area contributed by atoms with E-state index in [9.17, 15) is 18.0 Å². The van der Waals surface area contributed by atoms with E-state index >= 15 is 0 Å². The molecule has 0 atom stereocenters. The van der Waals surface area contributed by atoms with Gasteiger partial charge >= 0.3 is 0 Å². The predicted octanol–water partition coefficient (Wildman–Crippen LogP) is 2.66. The number of hydrogen-bond acceptors (Lipinski definition) is 6. The van der Waals surface area contributed by atoms with Crippen molar-refractivity contribution in [2.24, 2.45) is 0 Å². The van der Waals surface area contributed by atoms with Crippen molar-refractivity contribution in [2.45, 2.75) is 20.1 Å². The smallest absolute Gasteiger partial charge is 0.293 e. The van der Waals surface area contributed by atoms with Gasteiger partial charge in [-0.25, -0.2) is 17.9 Å². The minimum atomic E-state index is -1.56. The molecule has 2 aromatic carbocycles. The zero-order valence-electron chi connectivity index (χ0n) is 16.0. The lowest BCUT2D eigenvalue weighted by Crippen LogP contribution is -2.19. The minimum Gasteiger partial charge on any atom is -0.394 e. The van der Waals surface area contributed by atoms with Crippen LogP contribution in [0.15, 0.2) is 41.3 Å². The van der Waals surface area contributed by atoms with Crippen LogP contribution in [0.5, 0.6) is 0 Å². The number of nitrogens with zero attached hydrogens (tertiary/aromatic N) is 3. The van der Waals surface area contributed by atoms with Crippen molar-refractivity contribution < 1.29 is 23.0 Å². The average molecular weight is 420 g/mol. The van der Waals surface area contributed by atoms with Crippen molar-refractivity contribution in [2.75, 3.05) is 18.5 Å². The summed E-state index contributed by atoms with van der Waals surface area (Å²) in [7, 11) is 0. The summed E-state index contributed by atoms with van der Waals surface area (Å²) in [6.45, 7) is 2.07. The number of aliphatic hydroxyl groups is 1. The van der Waals surface area contributed by atoms with Gasteiger partial charge in [-0.05, 0) is 41.8 Å². The second-order valence-electron chi connectivity index (χ2n) is 6.50. The second-order valence-corrected chi connectivity index (χ2v) is 6.50. The Hall–Kier alpha value is -3.24. The first-order valence-electron chi connectivity index (χ1n) is 9.00. The van der Waals surface area contributed by atoms with Gasteiger partial charge in [-0.15, -0.1) is 0 Å². The first-order chi connectivity index (χ1) is 14.4. The average Bonchev–Trinajstić information content (AvgIpc) is 2.70. The van der Waals surface area contributed by atoms with Gasteiger partial charge in [0.1, 0.15) is 6.20 Å². The van der Waals surface area contributed by atoms with Crippen LogP contribution in [0.1, 0.15) is 16.7 Å². The molecule has 0 unspecified atom stereocenters. The number of aryl methyl sites for hydroxylation is 1. The van der Waals surface area contributed by atoms with Gasteiger partial charge in [-0.3, -0.25) is 4.79 Å². The van der Waals surface area contributed by atoms with Gasteiger partial charge in [0.2, 0.25) is 5.95 Å². The summed E-state index contributed by atoms with van der Waals surface area (Å²) in [6.07, 6.45) is 0.966. The van der Waals surface area contributed by atoms with Crippen molar-refractivity contribution in [3.05, 3.63) is 81.0 Å². The highest BCUT2D eigenvalue weighted by atomic mass is 19.2. The molecule has 0 fully saturated rings. The molecule has 0 saturated heterocycles. The molecule has 30 heavy (non-hydrogen) atoms. The van der Waals surface area contributed by atoms with Crippen molar-refractivity contribution in [3.63, 3.8) is 0 Å². The van der Waals surface area contributed by atoms with Crippen molar-refractivity contribution >= 4 is 11.6 Å². The van der Waals surface area contributed by atoms with E-state index in [0.29, 0.717) is 5.69 Å². The maximum atomic E-state index is 13.5. The largest absolute Gasteiger partial charge is 0.394 e. The van der Waals surface area contributed by atoms with Gasteiger partial charge in [-0.2, -0.15) is 10.1 Å². The van der Waals surface area contributed by atoms with E-state index in [1.165, 1.54) is 4.68 Å². The molecule has 7 nitrogen and oxygen atoms in total. The molecule has 0 spiro atoms. The Balaban J connectivity index is 1.89. The minimum absolute atomic E-state index is 0.0455. The topological polar surface area (TPSA) is 89.3 Å². The van der Waals surface area contributed by atoms with Crippen LogP contribution >= 0.6 is 0 Å². The van der Waals surface area contributed by atoms with Crippen LogP contribution < -0.4 is 10.9 Å². The Morgan fingerprint density at radius 3 is 2.57 bits per heavy atom. The van der Waals surface area contributed by atoms with E-state index in [-0.39, 0.29) is 37.9 Å². The Kier molecular flexibility index (Phi) is 6.80. The molecular formula is C20H19F3N4O3. The number of rotatable bonds is 8. The normalized spacial score (nSPS) is 11.0. The lowest BCUT2D eigenvalue weighted by molar-refractivity contribution is 0.0816.